The molecular weight excluding hydrogens is 460 g/mol. The lowest BCUT2D eigenvalue weighted by Gasteiger charge is -2.39. The van der Waals surface area contributed by atoms with E-state index >= 15 is 0 Å². The summed E-state index contributed by atoms with van der Waals surface area (Å²) in [5, 5.41) is 2.60. The van der Waals surface area contributed by atoms with E-state index in [1.54, 1.807) is 0 Å². The number of aromatic nitrogens is 2. The van der Waals surface area contributed by atoms with Gasteiger partial charge in [0.05, 0.1) is 22.1 Å². The molecule has 0 amide bonds. The topological polar surface area (TPSA) is 17.8 Å². The summed E-state index contributed by atoms with van der Waals surface area (Å²) in [6.45, 7) is 0. The Kier molecular flexibility index (Phi) is 3.76. The third-order valence-electron chi connectivity index (χ3n) is 8.71. The van der Waals surface area contributed by atoms with Crippen LogP contribution in [0.1, 0.15) is 22.3 Å². The summed E-state index contributed by atoms with van der Waals surface area (Å²) in [4.78, 5) is 4.25. The van der Waals surface area contributed by atoms with Gasteiger partial charge in [0.1, 0.15) is 0 Å². The average Bonchev–Trinajstić information content (AvgIpc) is 3.48. The van der Waals surface area contributed by atoms with E-state index in [1.807, 2.05) is 12.4 Å². The summed E-state index contributed by atoms with van der Waals surface area (Å²) in [5.41, 5.74) is 13.9. The lowest BCUT2D eigenvalue weighted by atomic mass is 9.65. The minimum Gasteiger partial charge on any atom is -0.309 e. The largest absolute Gasteiger partial charge is 0.309 e. The van der Waals surface area contributed by atoms with Gasteiger partial charge in [0.2, 0.25) is 0 Å². The van der Waals surface area contributed by atoms with Crippen LogP contribution in [0.25, 0.3) is 49.7 Å². The molecule has 38 heavy (non-hydrogen) atoms. The van der Waals surface area contributed by atoms with Crippen LogP contribution in [-0.4, -0.2) is 9.55 Å². The lowest BCUT2D eigenvalue weighted by Crippen LogP contribution is -2.33. The molecule has 0 atom stereocenters. The summed E-state index contributed by atoms with van der Waals surface area (Å²) >= 11 is 0. The van der Waals surface area contributed by atoms with Crippen molar-refractivity contribution in [3.05, 3.63) is 156 Å². The number of rotatable bonds is 1. The standard InChI is InChI=1S/C36H22N2/c1-4-12-29-25(8-1)26-9-2-5-13-30(26)36(29)31-17-16-24(23-18-20-37-21-19-23)22-34(31)38-33-15-6-3-10-27(33)28-11-7-14-32(36)35(28)38/h1-22H. The van der Waals surface area contributed by atoms with Gasteiger partial charge in [-0.05, 0) is 68.8 Å². The molecule has 1 spiro atoms. The fourth-order valence-electron chi connectivity index (χ4n) is 7.29. The maximum atomic E-state index is 4.25. The Morgan fingerprint density at radius 1 is 0.500 bits per heavy atom. The monoisotopic (exact) mass is 482 g/mol. The maximum absolute atomic E-state index is 4.25. The fraction of sp³-hybridized carbons (Fsp3) is 0.0278. The number of pyridine rings is 1. The molecule has 0 saturated carbocycles. The summed E-state index contributed by atoms with van der Waals surface area (Å²) in [6.07, 6.45) is 3.75. The van der Waals surface area contributed by atoms with Crippen molar-refractivity contribution < 1.29 is 0 Å². The van der Waals surface area contributed by atoms with Gasteiger partial charge in [0.25, 0.3) is 0 Å². The molecule has 0 radical (unpaired) electrons. The van der Waals surface area contributed by atoms with Crippen LogP contribution in [0, 0.1) is 0 Å². The van der Waals surface area contributed by atoms with E-state index in [4.69, 9.17) is 0 Å². The van der Waals surface area contributed by atoms with Crippen molar-refractivity contribution in [1.29, 1.82) is 0 Å². The van der Waals surface area contributed by atoms with Crippen molar-refractivity contribution in [3.63, 3.8) is 0 Å². The molecule has 7 aromatic rings. The molecule has 0 N–H and O–H groups in total. The van der Waals surface area contributed by atoms with Gasteiger partial charge in [0.15, 0.2) is 0 Å². The molecule has 9 rings (SSSR count). The van der Waals surface area contributed by atoms with Crippen LogP contribution in [-0.2, 0) is 5.41 Å². The van der Waals surface area contributed by atoms with E-state index in [1.165, 1.54) is 72.0 Å². The first-order valence-electron chi connectivity index (χ1n) is 13.1. The zero-order valence-electron chi connectivity index (χ0n) is 20.6. The maximum Gasteiger partial charge on any atom is 0.0754 e. The van der Waals surface area contributed by atoms with Crippen molar-refractivity contribution in [2.24, 2.45) is 0 Å². The Morgan fingerprint density at radius 2 is 1.16 bits per heavy atom. The van der Waals surface area contributed by atoms with Crippen LogP contribution in [0.5, 0.6) is 0 Å². The highest BCUT2D eigenvalue weighted by atomic mass is 15.0. The number of benzene rings is 5. The minimum atomic E-state index is -0.386. The van der Waals surface area contributed by atoms with Crippen molar-refractivity contribution >= 4 is 21.8 Å². The molecule has 1 aliphatic heterocycles. The number of nitrogens with zero attached hydrogens (tertiary/aromatic N) is 2. The Labute approximate surface area is 220 Å². The molecule has 0 fully saturated rings. The Hall–Kier alpha value is -4.95. The van der Waals surface area contributed by atoms with Crippen molar-refractivity contribution in [1.82, 2.24) is 9.55 Å². The second-order valence-electron chi connectivity index (χ2n) is 10.4. The first-order chi connectivity index (χ1) is 18.9. The van der Waals surface area contributed by atoms with Gasteiger partial charge >= 0.3 is 0 Å². The quantitative estimate of drug-likeness (QED) is 0.229. The SMILES string of the molecule is c1ccc2c(c1)-c1ccccc1C21c2ccc(-c3ccncc3)cc2-n2c3ccccc3c3cccc1c32. The molecule has 2 aliphatic rings. The summed E-state index contributed by atoms with van der Waals surface area (Å²) in [6, 6.07) is 45.0. The molecule has 176 valence electrons. The van der Waals surface area contributed by atoms with Gasteiger partial charge in [-0.15, -0.1) is 0 Å². The van der Waals surface area contributed by atoms with Crippen LogP contribution in [0.2, 0.25) is 0 Å². The van der Waals surface area contributed by atoms with Crippen LogP contribution in [0.4, 0.5) is 0 Å². The Balaban J connectivity index is 1.54. The first kappa shape index (κ1) is 20.1. The van der Waals surface area contributed by atoms with Gasteiger partial charge in [-0.2, -0.15) is 0 Å². The number of hydrogen-bond acceptors (Lipinski definition) is 1. The zero-order valence-corrected chi connectivity index (χ0v) is 20.6. The normalized spacial score (nSPS) is 14.0. The molecule has 2 heteroatoms. The van der Waals surface area contributed by atoms with E-state index in [9.17, 15) is 0 Å². The lowest BCUT2D eigenvalue weighted by molar-refractivity contribution is 0.748. The highest BCUT2D eigenvalue weighted by molar-refractivity contribution is 6.12. The fourth-order valence-corrected chi connectivity index (χ4v) is 7.29. The predicted molar refractivity (Wildman–Crippen MR) is 155 cm³/mol. The molecule has 2 aromatic heterocycles. The van der Waals surface area contributed by atoms with E-state index in [-0.39, 0.29) is 5.41 Å². The average molecular weight is 483 g/mol. The number of fused-ring (bicyclic) bond motifs is 12. The third-order valence-corrected chi connectivity index (χ3v) is 8.71. The highest BCUT2D eigenvalue weighted by Gasteiger charge is 2.50. The van der Waals surface area contributed by atoms with Crippen molar-refractivity contribution in [2.75, 3.05) is 0 Å². The molecule has 3 heterocycles. The number of para-hydroxylation sites is 2. The molecule has 0 bridgehead atoms. The van der Waals surface area contributed by atoms with Gasteiger partial charge in [-0.1, -0.05) is 97.1 Å². The van der Waals surface area contributed by atoms with Crippen LogP contribution in [0.15, 0.2) is 134 Å². The molecule has 1 aliphatic carbocycles. The van der Waals surface area contributed by atoms with E-state index in [0.29, 0.717) is 0 Å². The second kappa shape index (κ2) is 7.08. The van der Waals surface area contributed by atoms with Crippen LogP contribution in [0.3, 0.4) is 0 Å². The Bertz CT molecular complexity index is 2040. The molecule has 5 aromatic carbocycles. The molecule has 0 unspecified atom stereocenters. The van der Waals surface area contributed by atoms with Gasteiger partial charge in [-0.25, -0.2) is 0 Å². The molecule has 2 nitrogen and oxygen atoms in total. The van der Waals surface area contributed by atoms with E-state index < -0.39 is 0 Å². The van der Waals surface area contributed by atoms with E-state index in [2.05, 4.69) is 131 Å². The summed E-state index contributed by atoms with van der Waals surface area (Å²) < 4.78 is 2.51. The summed E-state index contributed by atoms with van der Waals surface area (Å²) in [5.74, 6) is 0. The highest BCUT2D eigenvalue weighted by Crippen LogP contribution is 2.61. The summed E-state index contributed by atoms with van der Waals surface area (Å²) in [7, 11) is 0. The Morgan fingerprint density at radius 3 is 1.95 bits per heavy atom. The number of hydrogen-bond donors (Lipinski definition) is 0. The minimum absolute atomic E-state index is 0.386. The molecule has 0 saturated heterocycles. The van der Waals surface area contributed by atoms with E-state index in [0.717, 1.165) is 0 Å². The predicted octanol–water partition coefficient (Wildman–Crippen LogP) is 8.52. The first-order valence-corrected chi connectivity index (χ1v) is 13.1. The van der Waals surface area contributed by atoms with Gasteiger partial charge in [0, 0.05) is 23.2 Å². The van der Waals surface area contributed by atoms with Crippen LogP contribution >= 0.6 is 0 Å². The van der Waals surface area contributed by atoms with Crippen molar-refractivity contribution in [3.8, 4) is 27.9 Å². The zero-order chi connectivity index (χ0) is 24.8. The smallest absolute Gasteiger partial charge is 0.0754 e. The van der Waals surface area contributed by atoms with Gasteiger partial charge in [-0.3, -0.25) is 4.98 Å². The van der Waals surface area contributed by atoms with Gasteiger partial charge < -0.3 is 4.57 Å². The third kappa shape index (κ3) is 2.27. The second-order valence-corrected chi connectivity index (χ2v) is 10.4. The molecular formula is C36H22N2. The van der Waals surface area contributed by atoms with Crippen molar-refractivity contribution in [2.45, 2.75) is 5.41 Å². The van der Waals surface area contributed by atoms with Crippen LogP contribution < -0.4 is 0 Å².